The summed E-state index contributed by atoms with van der Waals surface area (Å²) in [7, 11) is 1.43. The molecule has 0 saturated carbocycles. The number of carbonyl (C=O) groups is 1. The number of carbonyl (C=O) groups excluding carboxylic acids is 1. The van der Waals surface area contributed by atoms with Gasteiger partial charge >= 0.3 is 0 Å². The summed E-state index contributed by atoms with van der Waals surface area (Å²) in [6, 6.07) is 9.02. The SMILES string of the molecule is COc1cc(/C=C(\C#N)C(=O)Nc2c(C)cc(C)cc2C)cc(Br)c1O. The topological polar surface area (TPSA) is 82.3 Å². The molecule has 1 amide bonds. The highest BCUT2D eigenvalue weighted by molar-refractivity contribution is 9.10. The van der Waals surface area contributed by atoms with Crippen LogP contribution in [0, 0.1) is 32.1 Å². The molecule has 0 fully saturated rings. The van der Waals surface area contributed by atoms with Gasteiger partial charge < -0.3 is 15.2 Å². The van der Waals surface area contributed by atoms with E-state index in [1.54, 1.807) is 12.1 Å². The largest absolute Gasteiger partial charge is 0.503 e. The molecule has 0 spiro atoms. The summed E-state index contributed by atoms with van der Waals surface area (Å²) in [5.74, 6) is -0.294. The molecule has 26 heavy (non-hydrogen) atoms. The normalized spacial score (nSPS) is 11.0. The van der Waals surface area contributed by atoms with Gasteiger partial charge in [-0.15, -0.1) is 0 Å². The molecule has 0 atom stereocenters. The smallest absolute Gasteiger partial charge is 0.266 e. The highest BCUT2D eigenvalue weighted by Gasteiger charge is 2.14. The van der Waals surface area contributed by atoms with Crippen LogP contribution in [0.5, 0.6) is 11.5 Å². The molecule has 0 heterocycles. The van der Waals surface area contributed by atoms with E-state index in [1.807, 2.05) is 39.0 Å². The van der Waals surface area contributed by atoms with Gasteiger partial charge in [0, 0.05) is 5.69 Å². The number of ether oxygens (including phenoxy) is 1. The Morgan fingerprint density at radius 1 is 1.23 bits per heavy atom. The molecular formula is C20H19BrN2O3. The molecule has 0 aliphatic carbocycles. The summed E-state index contributed by atoms with van der Waals surface area (Å²) in [5.41, 5.74) is 4.17. The molecule has 0 radical (unpaired) electrons. The molecule has 0 unspecified atom stereocenters. The van der Waals surface area contributed by atoms with Crippen LogP contribution in [0.2, 0.25) is 0 Å². The minimum Gasteiger partial charge on any atom is -0.503 e. The highest BCUT2D eigenvalue weighted by Crippen LogP contribution is 2.35. The molecule has 5 nitrogen and oxygen atoms in total. The van der Waals surface area contributed by atoms with Crippen LogP contribution in [0.15, 0.2) is 34.3 Å². The van der Waals surface area contributed by atoms with Crippen molar-refractivity contribution in [2.45, 2.75) is 20.8 Å². The van der Waals surface area contributed by atoms with E-state index in [9.17, 15) is 15.2 Å². The number of nitrogens with zero attached hydrogens (tertiary/aromatic N) is 1. The maximum atomic E-state index is 12.5. The van der Waals surface area contributed by atoms with Crippen molar-refractivity contribution in [2.24, 2.45) is 0 Å². The van der Waals surface area contributed by atoms with E-state index in [-0.39, 0.29) is 17.1 Å². The minimum absolute atomic E-state index is 0.0430. The summed E-state index contributed by atoms with van der Waals surface area (Å²) < 4.78 is 5.50. The van der Waals surface area contributed by atoms with Gasteiger partial charge in [0.25, 0.3) is 5.91 Å². The fourth-order valence-electron chi connectivity index (χ4n) is 2.71. The highest BCUT2D eigenvalue weighted by atomic mass is 79.9. The number of hydrogen-bond acceptors (Lipinski definition) is 4. The predicted molar refractivity (Wildman–Crippen MR) is 105 cm³/mol. The van der Waals surface area contributed by atoms with Gasteiger partial charge in [-0.05, 0) is 71.6 Å². The van der Waals surface area contributed by atoms with Crippen LogP contribution in [-0.4, -0.2) is 18.1 Å². The maximum absolute atomic E-state index is 12.5. The Kier molecular flexibility index (Phi) is 6.06. The molecule has 134 valence electrons. The van der Waals surface area contributed by atoms with E-state index >= 15 is 0 Å². The number of halogens is 1. The van der Waals surface area contributed by atoms with Gasteiger partial charge in [-0.2, -0.15) is 5.26 Å². The lowest BCUT2D eigenvalue weighted by Gasteiger charge is -2.12. The van der Waals surface area contributed by atoms with E-state index < -0.39 is 5.91 Å². The Morgan fingerprint density at radius 2 is 1.85 bits per heavy atom. The summed E-state index contributed by atoms with van der Waals surface area (Å²) in [6.45, 7) is 5.81. The van der Waals surface area contributed by atoms with Crippen LogP contribution >= 0.6 is 15.9 Å². The molecule has 0 aliphatic heterocycles. The first kappa shape index (κ1) is 19.5. The summed E-state index contributed by atoms with van der Waals surface area (Å²) in [4.78, 5) is 12.5. The van der Waals surface area contributed by atoms with Crippen LogP contribution < -0.4 is 10.1 Å². The second-order valence-corrected chi connectivity index (χ2v) is 6.81. The van der Waals surface area contributed by atoms with Crippen LogP contribution in [0.1, 0.15) is 22.3 Å². The first-order valence-corrected chi connectivity index (χ1v) is 8.63. The van der Waals surface area contributed by atoms with Crippen LogP contribution in [0.4, 0.5) is 5.69 Å². The molecule has 0 aliphatic rings. The second-order valence-electron chi connectivity index (χ2n) is 5.95. The number of methoxy groups -OCH3 is 1. The Labute approximate surface area is 161 Å². The number of rotatable bonds is 4. The van der Waals surface area contributed by atoms with Gasteiger partial charge in [0.2, 0.25) is 0 Å². The van der Waals surface area contributed by atoms with Gasteiger partial charge in [-0.3, -0.25) is 4.79 Å². The van der Waals surface area contributed by atoms with E-state index in [0.29, 0.717) is 15.7 Å². The van der Waals surface area contributed by atoms with Crippen molar-refractivity contribution in [1.82, 2.24) is 0 Å². The molecule has 0 bridgehead atoms. The number of phenols is 1. The zero-order valence-electron chi connectivity index (χ0n) is 15.0. The summed E-state index contributed by atoms with van der Waals surface area (Å²) in [5, 5.41) is 22.1. The molecule has 0 aromatic heterocycles. The summed E-state index contributed by atoms with van der Waals surface area (Å²) >= 11 is 3.22. The third-order valence-corrected chi connectivity index (χ3v) is 4.47. The lowest BCUT2D eigenvalue weighted by molar-refractivity contribution is -0.112. The van der Waals surface area contributed by atoms with Crippen LogP contribution in [0.25, 0.3) is 6.08 Å². The first-order chi connectivity index (χ1) is 12.3. The van der Waals surface area contributed by atoms with Gasteiger partial charge in [0.1, 0.15) is 11.6 Å². The lowest BCUT2D eigenvalue weighted by atomic mass is 10.0. The Balaban J connectivity index is 2.37. The quantitative estimate of drug-likeness (QED) is 0.563. The fraction of sp³-hybridized carbons (Fsp3) is 0.200. The lowest BCUT2D eigenvalue weighted by Crippen LogP contribution is -2.15. The van der Waals surface area contributed by atoms with Crippen molar-refractivity contribution in [1.29, 1.82) is 5.26 Å². The number of benzene rings is 2. The minimum atomic E-state index is -0.495. The number of anilines is 1. The van der Waals surface area contributed by atoms with Crippen molar-refractivity contribution >= 4 is 33.6 Å². The molecule has 2 N–H and O–H groups in total. The summed E-state index contributed by atoms with van der Waals surface area (Å²) in [6.07, 6.45) is 1.45. The van der Waals surface area contributed by atoms with Crippen molar-refractivity contribution in [3.63, 3.8) is 0 Å². The first-order valence-electron chi connectivity index (χ1n) is 7.84. The van der Waals surface area contributed by atoms with Gasteiger partial charge in [-0.25, -0.2) is 0 Å². The zero-order chi connectivity index (χ0) is 19.4. The van der Waals surface area contributed by atoms with Crippen LogP contribution in [0.3, 0.4) is 0 Å². The third kappa shape index (κ3) is 4.24. The number of aryl methyl sites for hydroxylation is 3. The fourth-order valence-corrected chi connectivity index (χ4v) is 3.17. The molecule has 6 heteroatoms. The Bertz CT molecular complexity index is 920. The maximum Gasteiger partial charge on any atom is 0.266 e. The zero-order valence-corrected chi connectivity index (χ0v) is 16.6. The van der Waals surface area contributed by atoms with Gasteiger partial charge in [0.15, 0.2) is 11.5 Å². The Hall–Kier alpha value is -2.78. The van der Waals surface area contributed by atoms with E-state index in [4.69, 9.17) is 4.74 Å². The molecule has 0 saturated heterocycles. The number of phenolic OH excluding ortho intramolecular Hbond substituents is 1. The standard InChI is InChI=1S/C20H19BrN2O3/c1-11-5-12(2)18(13(3)6-11)23-20(25)15(10-22)7-14-8-16(21)19(24)17(9-14)26-4/h5-9,24H,1-4H3,(H,23,25)/b15-7+. The molecule has 2 aromatic rings. The number of nitriles is 1. The van der Waals surface area contributed by atoms with Crippen molar-refractivity contribution in [3.8, 4) is 17.6 Å². The van der Waals surface area contributed by atoms with E-state index in [2.05, 4.69) is 21.2 Å². The second kappa shape index (κ2) is 8.07. The monoisotopic (exact) mass is 414 g/mol. The van der Waals surface area contributed by atoms with Gasteiger partial charge in [0.05, 0.1) is 11.6 Å². The molecule has 2 rings (SSSR count). The number of nitrogens with one attached hydrogen (secondary N) is 1. The average molecular weight is 415 g/mol. The molecule has 2 aromatic carbocycles. The number of amides is 1. The van der Waals surface area contributed by atoms with Crippen molar-refractivity contribution < 1.29 is 14.6 Å². The number of hydrogen-bond donors (Lipinski definition) is 2. The van der Waals surface area contributed by atoms with Crippen LogP contribution in [-0.2, 0) is 4.79 Å². The van der Waals surface area contributed by atoms with Crippen molar-refractivity contribution in [3.05, 3.63) is 56.6 Å². The number of aromatic hydroxyl groups is 1. The Morgan fingerprint density at radius 3 is 2.38 bits per heavy atom. The third-order valence-electron chi connectivity index (χ3n) is 3.86. The van der Waals surface area contributed by atoms with E-state index in [1.165, 1.54) is 13.2 Å². The average Bonchev–Trinajstić information content (AvgIpc) is 2.58. The molecular weight excluding hydrogens is 396 g/mol. The van der Waals surface area contributed by atoms with Crippen molar-refractivity contribution in [2.75, 3.05) is 12.4 Å². The van der Waals surface area contributed by atoms with E-state index in [0.717, 1.165) is 16.7 Å². The van der Waals surface area contributed by atoms with Gasteiger partial charge in [-0.1, -0.05) is 17.7 Å². The predicted octanol–water partition coefficient (Wildman–Crippen LogP) is 4.63.